The number of hydrogen-bond acceptors (Lipinski definition) is 2. The van der Waals surface area contributed by atoms with Gasteiger partial charge in [0.1, 0.15) is 5.82 Å². The highest BCUT2D eigenvalue weighted by molar-refractivity contribution is 5.79. The summed E-state index contributed by atoms with van der Waals surface area (Å²) < 4.78 is 15.5. The van der Waals surface area contributed by atoms with Crippen LogP contribution in [0.15, 0.2) is 37.2 Å². The number of rotatable bonds is 4. The summed E-state index contributed by atoms with van der Waals surface area (Å²) in [6, 6.07) is 4.94. The lowest BCUT2D eigenvalue weighted by Gasteiger charge is -2.34. The van der Waals surface area contributed by atoms with Crippen molar-refractivity contribution in [3.8, 4) is 0 Å². The molecule has 5 heteroatoms. The van der Waals surface area contributed by atoms with Gasteiger partial charge in [-0.25, -0.2) is 9.37 Å². The molecule has 1 aromatic carbocycles. The number of carbonyl (C=O) groups is 1. The fraction of sp³-hybridized carbons (Fsp3) is 0.444. The van der Waals surface area contributed by atoms with E-state index in [0.29, 0.717) is 6.42 Å². The maximum Gasteiger partial charge on any atom is 0.225 e. The van der Waals surface area contributed by atoms with Crippen LogP contribution in [-0.2, 0) is 4.79 Å². The molecular formula is C18H22FN3O. The number of aromatic nitrogens is 2. The number of hydrogen-bond donors (Lipinski definition) is 0. The van der Waals surface area contributed by atoms with Crippen molar-refractivity contribution in [3.63, 3.8) is 0 Å². The van der Waals surface area contributed by atoms with Crippen molar-refractivity contribution >= 4 is 16.9 Å². The number of fused-ring (bicyclic) bond motifs is 1. The Bertz CT molecular complexity index is 716. The third-order valence-corrected chi connectivity index (χ3v) is 4.65. The molecular weight excluding hydrogens is 293 g/mol. The van der Waals surface area contributed by atoms with Gasteiger partial charge in [-0.3, -0.25) is 4.79 Å². The zero-order valence-corrected chi connectivity index (χ0v) is 13.4. The van der Waals surface area contributed by atoms with E-state index in [1.54, 1.807) is 18.5 Å². The van der Waals surface area contributed by atoms with Crippen LogP contribution >= 0.6 is 0 Å². The Morgan fingerprint density at radius 1 is 1.48 bits per heavy atom. The molecule has 0 N–H and O–H groups in total. The Hall–Kier alpha value is -2.17. The molecule has 0 aliphatic carbocycles. The second-order valence-corrected chi connectivity index (χ2v) is 6.27. The Labute approximate surface area is 135 Å². The van der Waals surface area contributed by atoms with Crippen LogP contribution in [0.5, 0.6) is 0 Å². The normalized spacial score (nSPS) is 17.4. The van der Waals surface area contributed by atoms with E-state index in [2.05, 4.69) is 11.6 Å². The monoisotopic (exact) mass is 315 g/mol. The second kappa shape index (κ2) is 6.52. The zero-order valence-electron chi connectivity index (χ0n) is 13.4. The first-order chi connectivity index (χ1) is 11.1. The molecule has 122 valence electrons. The molecule has 3 rings (SSSR count). The molecule has 2 aromatic rings. The molecule has 1 fully saturated rings. The molecule has 2 heterocycles. The van der Waals surface area contributed by atoms with Crippen molar-refractivity contribution in [2.45, 2.75) is 32.2 Å². The minimum Gasteiger partial charge on any atom is -0.342 e. The molecule has 0 bridgehead atoms. The molecule has 1 aliphatic rings. The minimum atomic E-state index is -0.245. The lowest BCUT2D eigenvalue weighted by molar-refractivity contribution is -0.136. The van der Waals surface area contributed by atoms with Gasteiger partial charge in [0.15, 0.2) is 0 Å². The number of piperidine rings is 1. The van der Waals surface area contributed by atoms with Crippen LogP contribution in [0.2, 0.25) is 0 Å². The van der Waals surface area contributed by atoms with Gasteiger partial charge in [0.25, 0.3) is 0 Å². The molecule has 0 saturated carbocycles. The van der Waals surface area contributed by atoms with Crippen molar-refractivity contribution in [2.75, 3.05) is 13.1 Å². The highest BCUT2D eigenvalue weighted by Crippen LogP contribution is 2.27. The fourth-order valence-corrected chi connectivity index (χ4v) is 3.32. The molecule has 23 heavy (non-hydrogen) atoms. The van der Waals surface area contributed by atoms with Crippen LogP contribution in [0.4, 0.5) is 4.39 Å². The average Bonchev–Trinajstić information content (AvgIpc) is 2.97. The van der Waals surface area contributed by atoms with Crippen molar-refractivity contribution in [3.05, 3.63) is 43.0 Å². The van der Waals surface area contributed by atoms with E-state index in [-0.39, 0.29) is 23.7 Å². The van der Waals surface area contributed by atoms with Crippen LogP contribution in [0, 0.1) is 11.7 Å². The van der Waals surface area contributed by atoms with E-state index in [1.165, 1.54) is 12.1 Å². The summed E-state index contributed by atoms with van der Waals surface area (Å²) in [4.78, 5) is 18.6. The molecule has 4 nitrogen and oxygen atoms in total. The summed E-state index contributed by atoms with van der Waals surface area (Å²) in [5, 5.41) is 0. The van der Waals surface area contributed by atoms with Gasteiger partial charge in [-0.1, -0.05) is 13.0 Å². The van der Waals surface area contributed by atoms with Crippen LogP contribution in [0.25, 0.3) is 11.0 Å². The zero-order chi connectivity index (χ0) is 16.4. The van der Waals surface area contributed by atoms with Crippen molar-refractivity contribution in [2.24, 2.45) is 5.92 Å². The first-order valence-corrected chi connectivity index (χ1v) is 8.12. The van der Waals surface area contributed by atoms with E-state index >= 15 is 0 Å². The third kappa shape index (κ3) is 3.14. The largest absolute Gasteiger partial charge is 0.342 e. The summed E-state index contributed by atoms with van der Waals surface area (Å²) in [5.41, 5.74) is 1.64. The Balaban J connectivity index is 1.70. The SMILES string of the molecule is C=CC[C@@H](C)C(=O)N1CCC(n2cnc3ccc(F)cc32)CC1. The van der Waals surface area contributed by atoms with Crippen LogP contribution in [0.3, 0.4) is 0 Å². The van der Waals surface area contributed by atoms with E-state index in [0.717, 1.165) is 37.0 Å². The lowest BCUT2D eigenvalue weighted by Crippen LogP contribution is -2.41. The Morgan fingerprint density at radius 3 is 2.91 bits per heavy atom. The quantitative estimate of drug-likeness (QED) is 0.809. The predicted molar refractivity (Wildman–Crippen MR) is 88.5 cm³/mol. The van der Waals surface area contributed by atoms with Gasteiger partial charge in [-0.05, 0) is 37.5 Å². The van der Waals surface area contributed by atoms with Crippen LogP contribution in [0.1, 0.15) is 32.2 Å². The summed E-state index contributed by atoms with van der Waals surface area (Å²) in [6.45, 7) is 7.12. The number of carbonyl (C=O) groups excluding carboxylic acids is 1. The molecule has 1 aliphatic heterocycles. The smallest absolute Gasteiger partial charge is 0.225 e. The summed E-state index contributed by atoms with van der Waals surface area (Å²) in [6.07, 6.45) is 6.03. The minimum absolute atomic E-state index is 0.00720. The Morgan fingerprint density at radius 2 is 2.22 bits per heavy atom. The number of halogens is 1. The molecule has 1 atom stereocenters. The lowest BCUT2D eigenvalue weighted by atomic mass is 10.0. The summed E-state index contributed by atoms with van der Waals surface area (Å²) in [7, 11) is 0. The molecule has 0 radical (unpaired) electrons. The van der Waals surface area contributed by atoms with E-state index in [1.807, 2.05) is 16.4 Å². The van der Waals surface area contributed by atoms with Gasteiger partial charge >= 0.3 is 0 Å². The van der Waals surface area contributed by atoms with E-state index < -0.39 is 0 Å². The third-order valence-electron chi connectivity index (χ3n) is 4.65. The number of nitrogens with zero attached hydrogens (tertiary/aromatic N) is 3. The topological polar surface area (TPSA) is 38.1 Å². The fourth-order valence-electron chi connectivity index (χ4n) is 3.32. The first-order valence-electron chi connectivity index (χ1n) is 8.12. The summed E-state index contributed by atoms with van der Waals surface area (Å²) >= 11 is 0. The molecule has 1 aromatic heterocycles. The number of benzene rings is 1. The van der Waals surface area contributed by atoms with Crippen LogP contribution in [-0.4, -0.2) is 33.4 Å². The Kier molecular flexibility index (Phi) is 4.46. The molecule has 1 saturated heterocycles. The van der Waals surface area contributed by atoms with Gasteiger partial charge in [0.2, 0.25) is 5.91 Å². The number of allylic oxidation sites excluding steroid dienone is 1. The second-order valence-electron chi connectivity index (χ2n) is 6.27. The molecule has 0 spiro atoms. The number of amides is 1. The highest BCUT2D eigenvalue weighted by atomic mass is 19.1. The predicted octanol–water partition coefficient (Wildman–Crippen LogP) is 3.55. The van der Waals surface area contributed by atoms with Gasteiger partial charge in [0.05, 0.1) is 17.4 Å². The van der Waals surface area contributed by atoms with Gasteiger partial charge in [0, 0.05) is 25.0 Å². The molecule has 1 amide bonds. The standard InChI is InChI=1S/C18H22FN3O/c1-3-4-13(2)18(23)21-9-7-15(8-10-21)22-12-20-16-6-5-14(19)11-17(16)22/h3,5-6,11-13,15H,1,4,7-10H2,2H3/t13-/m1/s1. The van der Waals surface area contributed by atoms with Crippen molar-refractivity contribution in [1.82, 2.24) is 14.5 Å². The highest BCUT2D eigenvalue weighted by Gasteiger charge is 2.26. The average molecular weight is 315 g/mol. The van der Waals surface area contributed by atoms with Gasteiger partial charge in [-0.15, -0.1) is 6.58 Å². The van der Waals surface area contributed by atoms with Crippen LogP contribution < -0.4 is 0 Å². The van der Waals surface area contributed by atoms with E-state index in [4.69, 9.17) is 0 Å². The maximum atomic E-state index is 13.5. The number of likely N-dealkylation sites (tertiary alicyclic amines) is 1. The van der Waals surface area contributed by atoms with E-state index in [9.17, 15) is 9.18 Å². The van der Waals surface area contributed by atoms with Gasteiger partial charge in [-0.2, -0.15) is 0 Å². The first kappa shape index (κ1) is 15.7. The van der Waals surface area contributed by atoms with Crippen molar-refractivity contribution in [1.29, 1.82) is 0 Å². The summed E-state index contributed by atoms with van der Waals surface area (Å²) in [5.74, 6) is -0.0535. The van der Waals surface area contributed by atoms with Crippen molar-refractivity contribution < 1.29 is 9.18 Å². The molecule has 0 unspecified atom stereocenters. The van der Waals surface area contributed by atoms with Gasteiger partial charge < -0.3 is 9.47 Å². The maximum absolute atomic E-state index is 13.5. The number of imidazole rings is 1.